The van der Waals surface area contributed by atoms with Crippen LogP contribution in [0.2, 0.25) is 0 Å². The zero-order valence-electron chi connectivity index (χ0n) is 21.7. The first kappa shape index (κ1) is 28.9. The molecule has 2 heterocycles. The van der Waals surface area contributed by atoms with E-state index in [9.17, 15) is 19.2 Å². The fourth-order valence-electron chi connectivity index (χ4n) is 3.62. The van der Waals surface area contributed by atoms with Crippen LogP contribution >= 0.6 is 0 Å². The summed E-state index contributed by atoms with van der Waals surface area (Å²) in [7, 11) is 3.06. The lowest BCUT2D eigenvalue weighted by Gasteiger charge is -2.17. The zero-order chi connectivity index (χ0) is 29.4. The quantitative estimate of drug-likeness (QED) is 0.186. The number of anilines is 2. The third-order valence-electron chi connectivity index (χ3n) is 5.54. The molecule has 0 aliphatic carbocycles. The molecule has 0 spiro atoms. The Morgan fingerprint density at radius 3 is 1.62 bits per heavy atom. The van der Waals surface area contributed by atoms with E-state index >= 15 is 0 Å². The predicted molar refractivity (Wildman–Crippen MR) is 149 cm³/mol. The molecule has 4 aromatic rings. The second-order valence-corrected chi connectivity index (χ2v) is 8.49. The molecule has 0 aliphatic heterocycles. The van der Waals surface area contributed by atoms with Gasteiger partial charge < -0.3 is 0 Å². The summed E-state index contributed by atoms with van der Waals surface area (Å²) in [6.07, 6.45) is 0.576. The summed E-state index contributed by atoms with van der Waals surface area (Å²) in [5.74, 6) is 11.6. The lowest BCUT2D eigenvalue weighted by Crippen LogP contribution is -2.37. The van der Waals surface area contributed by atoms with Gasteiger partial charge in [-0.2, -0.15) is 10.5 Å². The van der Waals surface area contributed by atoms with Gasteiger partial charge in [-0.25, -0.2) is 30.4 Å². The van der Waals surface area contributed by atoms with E-state index in [2.05, 4.69) is 9.97 Å². The Bertz CT molecular complexity index is 1770. The maximum absolute atomic E-state index is 12.0. The summed E-state index contributed by atoms with van der Waals surface area (Å²) in [5.41, 5.74) is 0.518. The number of hydrogen-bond acceptors (Lipinski definition) is 10. The maximum Gasteiger partial charge on any atom is 0.334 e. The first-order valence-corrected chi connectivity index (χ1v) is 11.7. The standard InChI is InChI=1S/2C13H13N5O2/c1-17(15)12-8-11(19)16-13(20)18(12)10-4-2-9(3-5-10)6-7-14;1-17(15)11-8-12(19)18(13(20)16-11)10-4-2-9(3-5-10)6-7-14/h2-5,8H,6,15H2,1H3,(H,16,19,20);2-5,8H,6,15H2,1H3,(H,16,20). The van der Waals surface area contributed by atoms with E-state index in [4.69, 9.17) is 22.2 Å². The van der Waals surface area contributed by atoms with Crippen molar-refractivity contribution in [2.75, 3.05) is 24.1 Å². The van der Waals surface area contributed by atoms with Crippen LogP contribution in [-0.4, -0.2) is 33.2 Å². The van der Waals surface area contributed by atoms with E-state index < -0.39 is 22.5 Å². The number of benzene rings is 2. The van der Waals surface area contributed by atoms with Crippen LogP contribution in [0.4, 0.5) is 11.6 Å². The van der Waals surface area contributed by atoms with Crippen molar-refractivity contribution in [3.8, 4) is 23.5 Å². The number of aromatic amines is 2. The molecule has 0 unspecified atom stereocenters. The van der Waals surface area contributed by atoms with Crippen LogP contribution in [-0.2, 0) is 12.8 Å². The van der Waals surface area contributed by atoms with Crippen molar-refractivity contribution in [2.24, 2.45) is 11.7 Å². The number of H-pyrrole nitrogens is 2. The van der Waals surface area contributed by atoms with Crippen molar-refractivity contribution < 1.29 is 0 Å². The molecule has 2 aromatic heterocycles. The Balaban J connectivity index is 0.000000220. The number of nitriles is 2. The highest BCUT2D eigenvalue weighted by Crippen LogP contribution is 2.14. The predicted octanol–water partition coefficient (Wildman–Crippen LogP) is -0.196. The molecule has 40 heavy (non-hydrogen) atoms. The van der Waals surface area contributed by atoms with Crippen molar-refractivity contribution in [3.05, 3.63) is 113 Å². The second-order valence-electron chi connectivity index (χ2n) is 8.49. The van der Waals surface area contributed by atoms with E-state index in [1.807, 2.05) is 12.1 Å². The fraction of sp³-hybridized carbons (Fsp3) is 0.154. The van der Waals surface area contributed by atoms with Crippen LogP contribution in [0.15, 0.2) is 79.8 Å². The Hall–Kier alpha value is -5.70. The smallest absolute Gasteiger partial charge is 0.299 e. The van der Waals surface area contributed by atoms with E-state index in [0.717, 1.165) is 20.7 Å². The summed E-state index contributed by atoms with van der Waals surface area (Å²) >= 11 is 0. The molecule has 204 valence electrons. The minimum atomic E-state index is -0.571. The van der Waals surface area contributed by atoms with E-state index in [-0.39, 0.29) is 18.1 Å². The molecule has 14 nitrogen and oxygen atoms in total. The van der Waals surface area contributed by atoms with Crippen molar-refractivity contribution in [3.63, 3.8) is 0 Å². The van der Waals surface area contributed by atoms with Crippen LogP contribution in [0.1, 0.15) is 11.1 Å². The molecular formula is C26H26N10O4. The lowest BCUT2D eigenvalue weighted by molar-refractivity contribution is 0.839. The van der Waals surface area contributed by atoms with Crippen LogP contribution < -0.4 is 44.2 Å². The minimum Gasteiger partial charge on any atom is -0.299 e. The van der Waals surface area contributed by atoms with Crippen LogP contribution in [0.3, 0.4) is 0 Å². The molecular weight excluding hydrogens is 516 g/mol. The Labute approximate surface area is 227 Å². The monoisotopic (exact) mass is 542 g/mol. The van der Waals surface area contributed by atoms with Crippen molar-refractivity contribution in [1.82, 2.24) is 19.1 Å². The molecule has 0 fully saturated rings. The molecule has 4 rings (SSSR count). The second kappa shape index (κ2) is 12.7. The summed E-state index contributed by atoms with van der Waals surface area (Å²) in [5, 5.41) is 19.6. The summed E-state index contributed by atoms with van der Waals surface area (Å²) in [6, 6.07) is 20.1. The molecule has 0 radical (unpaired) electrons. The Morgan fingerprint density at radius 2 is 1.20 bits per heavy atom. The average Bonchev–Trinajstić information content (AvgIpc) is 2.90. The first-order chi connectivity index (χ1) is 19.0. The molecule has 6 N–H and O–H groups in total. The highest BCUT2D eigenvalue weighted by molar-refractivity contribution is 5.46. The first-order valence-electron chi connectivity index (χ1n) is 11.7. The summed E-state index contributed by atoms with van der Waals surface area (Å²) in [6.45, 7) is 0. The molecule has 0 amide bonds. The third kappa shape index (κ3) is 6.78. The number of nitrogens with two attached hydrogens (primary N) is 2. The van der Waals surface area contributed by atoms with E-state index in [0.29, 0.717) is 17.8 Å². The van der Waals surface area contributed by atoms with Crippen LogP contribution in [0.25, 0.3) is 11.4 Å². The normalized spacial score (nSPS) is 10.1. The highest BCUT2D eigenvalue weighted by atomic mass is 16.2. The molecule has 2 aromatic carbocycles. The van der Waals surface area contributed by atoms with Gasteiger partial charge in [0, 0.05) is 26.2 Å². The Kier molecular flexibility index (Phi) is 9.17. The average molecular weight is 543 g/mol. The maximum atomic E-state index is 12.0. The number of aromatic nitrogens is 4. The molecule has 0 bridgehead atoms. The number of hydrogen-bond donors (Lipinski definition) is 4. The van der Waals surface area contributed by atoms with E-state index in [1.54, 1.807) is 48.5 Å². The molecule has 0 aliphatic rings. The van der Waals surface area contributed by atoms with Gasteiger partial charge in [-0.3, -0.25) is 29.6 Å². The number of rotatable bonds is 6. The van der Waals surface area contributed by atoms with Gasteiger partial charge in [0.25, 0.3) is 11.1 Å². The van der Waals surface area contributed by atoms with Crippen molar-refractivity contribution in [2.45, 2.75) is 12.8 Å². The molecule has 14 heteroatoms. The van der Waals surface area contributed by atoms with Gasteiger partial charge in [0.05, 0.1) is 36.4 Å². The van der Waals surface area contributed by atoms with Gasteiger partial charge in [0.15, 0.2) is 0 Å². The van der Waals surface area contributed by atoms with Gasteiger partial charge in [-0.15, -0.1) is 0 Å². The number of nitrogens with zero attached hydrogens (tertiary/aromatic N) is 6. The van der Waals surface area contributed by atoms with Gasteiger partial charge in [0.2, 0.25) is 0 Å². The van der Waals surface area contributed by atoms with Crippen molar-refractivity contribution >= 4 is 11.6 Å². The van der Waals surface area contributed by atoms with Gasteiger partial charge in [-0.1, -0.05) is 24.3 Å². The van der Waals surface area contributed by atoms with Crippen LogP contribution in [0, 0.1) is 22.7 Å². The largest absolute Gasteiger partial charge is 0.334 e. The number of nitrogens with one attached hydrogen (secondary N) is 2. The molecule has 0 atom stereocenters. The fourth-order valence-corrected chi connectivity index (χ4v) is 3.62. The van der Waals surface area contributed by atoms with E-state index in [1.165, 1.54) is 35.8 Å². The Morgan fingerprint density at radius 1 is 0.725 bits per heavy atom. The SMILES string of the molecule is CN(N)c1cc(=O)[nH]c(=O)n1-c1ccc(CC#N)cc1.CN(N)c1cc(=O)n(-c2ccc(CC#N)cc2)c(=O)[nH]1. The lowest BCUT2D eigenvalue weighted by atomic mass is 10.1. The highest BCUT2D eigenvalue weighted by Gasteiger charge is 2.11. The van der Waals surface area contributed by atoms with Gasteiger partial charge in [0.1, 0.15) is 11.6 Å². The van der Waals surface area contributed by atoms with Gasteiger partial charge >= 0.3 is 11.4 Å². The third-order valence-corrected chi connectivity index (χ3v) is 5.54. The zero-order valence-corrected chi connectivity index (χ0v) is 21.7. The molecule has 0 saturated heterocycles. The topological polar surface area (TPSA) is 216 Å². The summed E-state index contributed by atoms with van der Waals surface area (Å²) in [4.78, 5) is 51.9. The number of hydrazine groups is 2. The minimum absolute atomic E-state index is 0.234. The van der Waals surface area contributed by atoms with Crippen LogP contribution in [0.5, 0.6) is 0 Å². The van der Waals surface area contributed by atoms with Crippen molar-refractivity contribution in [1.29, 1.82) is 10.5 Å². The summed E-state index contributed by atoms with van der Waals surface area (Å²) < 4.78 is 2.29. The van der Waals surface area contributed by atoms with Gasteiger partial charge in [-0.05, 0) is 35.4 Å². The molecule has 0 saturated carbocycles.